The van der Waals surface area contributed by atoms with Gasteiger partial charge in [0, 0.05) is 29.3 Å². The zero-order valence-electron chi connectivity index (χ0n) is 14.6. The number of aryl methyl sites for hydroxylation is 1. The maximum absolute atomic E-state index is 4.74. The lowest BCUT2D eigenvalue weighted by atomic mass is 10.1. The van der Waals surface area contributed by atoms with Crippen LogP contribution in [0.2, 0.25) is 0 Å². The molecule has 0 N–H and O–H groups in total. The van der Waals surface area contributed by atoms with Gasteiger partial charge in [-0.2, -0.15) is 0 Å². The van der Waals surface area contributed by atoms with Gasteiger partial charge in [-0.05, 0) is 6.92 Å². The molecule has 6 heteroatoms. The Bertz CT molecular complexity index is 1000. The van der Waals surface area contributed by atoms with Gasteiger partial charge in [-0.3, -0.25) is 0 Å². The van der Waals surface area contributed by atoms with Gasteiger partial charge < -0.3 is 4.57 Å². The van der Waals surface area contributed by atoms with Crippen molar-refractivity contribution in [2.24, 2.45) is 7.05 Å². The van der Waals surface area contributed by atoms with Crippen molar-refractivity contribution in [3.8, 4) is 22.0 Å². The molecule has 0 aliphatic heterocycles. The van der Waals surface area contributed by atoms with Crippen molar-refractivity contribution in [2.75, 3.05) is 0 Å². The molecule has 0 amide bonds. The molecule has 0 saturated heterocycles. The highest BCUT2D eigenvalue weighted by molar-refractivity contribution is 7.98. The molecule has 2 heterocycles. The molecule has 2 aromatic carbocycles. The molecule has 0 bridgehead atoms. The highest BCUT2D eigenvalue weighted by Gasteiger charge is 2.12. The zero-order valence-corrected chi connectivity index (χ0v) is 16.2. The van der Waals surface area contributed by atoms with Crippen LogP contribution in [0.1, 0.15) is 11.3 Å². The van der Waals surface area contributed by atoms with E-state index in [-0.39, 0.29) is 0 Å². The molecule has 26 heavy (non-hydrogen) atoms. The molecule has 0 atom stereocenters. The van der Waals surface area contributed by atoms with Crippen LogP contribution in [-0.2, 0) is 12.8 Å². The first-order valence-electron chi connectivity index (χ1n) is 8.30. The molecular weight excluding hydrogens is 360 g/mol. The maximum atomic E-state index is 4.74. The predicted molar refractivity (Wildman–Crippen MR) is 108 cm³/mol. The molecule has 0 radical (unpaired) electrons. The minimum Gasteiger partial charge on any atom is -0.305 e. The summed E-state index contributed by atoms with van der Waals surface area (Å²) in [6.45, 7) is 2.08. The Labute approximate surface area is 161 Å². The summed E-state index contributed by atoms with van der Waals surface area (Å²) in [5.41, 5.74) is 4.55. The fourth-order valence-electron chi connectivity index (χ4n) is 2.62. The molecular formula is C20H18N4S2. The highest BCUT2D eigenvalue weighted by Crippen LogP contribution is 2.28. The van der Waals surface area contributed by atoms with Crippen molar-refractivity contribution in [3.63, 3.8) is 0 Å². The summed E-state index contributed by atoms with van der Waals surface area (Å²) in [6.07, 6.45) is 0. The van der Waals surface area contributed by atoms with Crippen LogP contribution in [0.15, 0.2) is 65.1 Å². The van der Waals surface area contributed by atoms with Gasteiger partial charge in [-0.1, -0.05) is 71.9 Å². The van der Waals surface area contributed by atoms with Gasteiger partial charge in [0.15, 0.2) is 11.0 Å². The SMILES string of the molecule is Cc1ccc(-c2nnc(SCc3csc(-c4ccccc4)n3)n2C)cc1. The number of benzene rings is 2. The Morgan fingerprint density at radius 3 is 2.50 bits per heavy atom. The Hall–Kier alpha value is -2.44. The highest BCUT2D eigenvalue weighted by atomic mass is 32.2. The van der Waals surface area contributed by atoms with Gasteiger partial charge in [-0.15, -0.1) is 21.5 Å². The summed E-state index contributed by atoms with van der Waals surface area (Å²) in [6, 6.07) is 18.6. The summed E-state index contributed by atoms with van der Waals surface area (Å²) >= 11 is 3.34. The second-order valence-corrected chi connectivity index (χ2v) is 7.83. The molecule has 4 rings (SSSR count). The van der Waals surface area contributed by atoms with Crippen LogP contribution >= 0.6 is 23.1 Å². The van der Waals surface area contributed by atoms with E-state index in [2.05, 4.69) is 58.9 Å². The Morgan fingerprint density at radius 2 is 1.73 bits per heavy atom. The van der Waals surface area contributed by atoms with Crippen molar-refractivity contribution in [3.05, 3.63) is 71.2 Å². The van der Waals surface area contributed by atoms with Crippen molar-refractivity contribution in [1.29, 1.82) is 0 Å². The van der Waals surface area contributed by atoms with Crippen LogP contribution in [0.5, 0.6) is 0 Å². The topological polar surface area (TPSA) is 43.6 Å². The van der Waals surface area contributed by atoms with Gasteiger partial charge in [0.25, 0.3) is 0 Å². The van der Waals surface area contributed by atoms with Gasteiger partial charge in [-0.25, -0.2) is 4.98 Å². The molecule has 4 nitrogen and oxygen atoms in total. The average Bonchev–Trinajstić information content (AvgIpc) is 3.29. The smallest absolute Gasteiger partial charge is 0.191 e. The number of rotatable bonds is 5. The third-order valence-electron chi connectivity index (χ3n) is 4.07. The molecule has 130 valence electrons. The van der Waals surface area contributed by atoms with Crippen LogP contribution in [-0.4, -0.2) is 19.7 Å². The first kappa shape index (κ1) is 17.0. The number of nitrogens with zero attached hydrogens (tertiary/aromatic N) is 4. The Balaban J connectivity index is 1.47. The normalized spacial score (nSPS) is 11.0. The van der Waals surface area contributed by atoms with Crippen LogP contribution in [0.4, 0.5) is 0 Å². The monoisotopic (exact) mass is 378 g/mol. The van der Waals surface area contributed by atoms with Crippen molar-refractivity contribution >= 4 is 23.1 Å². The molecule has 0 aliphatic carbocycles. The van der Waals surface area contributed by atoms with E-state index in [1.165, 1.54) is 5.56 Å². The summed E-state index contributed by atoms with van der Waals surface area (Å²) in [7, 11) is 2.01. The lowest BCUT2D eigenvalue weighted by molar-refractivity contribution is 0.793. The van der Waals surface area contributed by atoms with E-state index in [0.717, 1.165) is 38.6 Å². The molecule has 2 aromatic heterocycles. The van der Waals surface area contributed by atoms with E-state index in [1.54, 1.807) is 23.1 Å². The maximum Gasteiger partial charge on any atom is 0.191 e. The summed E-state index contributed by atoms with van der Waals surface area (Å²) in [4.78, 5) is 4.74. The standard InChI is InChI=1S/C20H18N4S2/c1-14-8-10-15(11-9-14)18-22-23-20(24(18)2)26-13-17-12-25-19(21-17)16-6-4-3-5-7-16/h3-12H,13H2,1-2H3. The van der Waals surface area contributed by atoms with E-state index >= 15 is 0 Å². The van der Waals surface area contributed by atoms with E-state index in [1.807, 2.05) is 29.8 Å². The van der Waals surface area contributed by atoms with Gasteiger partial charge in [0.05, 0.1) is 5.69 Å². The summed E-state index contributed by atoms with van der Waals surface area (Å²) in [5, 5.41) is 12.8. The zero-order chi connectivity index (χ0) is 17.9. The first-order valence-corrected chi connectivity index (χ1v) is 10.2. The number of thioether (sulfide) groups is 1. The van der Waals surface area contributed by atoms with Crippen molar-refractivity contribution in [2.45, 2.75) is 17.8 Å². The Morgan fingerprint density at radius 1 is 0.962 bits per heavy atom. The second-order valence-electron chi connectivity index (χ2n) is 6.03. The van der Waals surface area contributed by atoms with Crippen LogP contribution < -0.4 is 0 Å². The second kappa shape index (κ2) is 7.43. The van der Waals surface area contributed by atoms with Gasteiger partial charge >= 0.3 is 0 Å². The van der Waals surface area contributed by atoms with E-state index < -0.39 is 0 Å². The number of aromatic nitrogens is 4. The van der Waals surface area contributed by atoms with Crippen molar-refractivity contribution in [1.82, 2.24) is 19.7 Å². The van der Waals surface area contributed by atoms with E-state index in [4.69, 9.17) is 4.98 Å². The molecule has 0 unspecified atom stereocenters. The number of hydrogen-bond acceptors (Lipinski definition) is 5. The van der Waals surface area contributed by atoms with Crippen LogP contribution in [0.3, 0.4) is 0 Å². The molecule has 4 aromatic rings. The molecule has 0 fully saturated rings. The van der Waals surface area contributed by atoms with E-state index in [0.29, 0.717) is 0 Å². The largest absolute Gasteiger partial charge is 0.305 e. The first-order chi connectivity index (χ1) is 12.7. The van der Waals surface area contributed by atoms with Crippen LogP contribution in [0, 0.1) is 6.92 Å². The minimum absolute atomic E-state index is 0.781. The lowest BCUT2D eigenvalue weighted by Crippen LogP contribution is -1.95. The molecule has 0 spiro atoms. The van der Waals surface area contributed by atoms with Crippen molar-refractivity contribution < 1.29 is 0 Å². The fraction of sp³-hybridized carbons (Fsp3) is 0.150. The number of thiazole rings is 1. The number of hydrogen-bond donors (Lipinski definition) is 0. The van der Waals surface area contributed by atoms with Crippen LogP contribution in [0.25, 0.3) is 22.0 Å². The van der Waals surface area contributed by atoms with E-state index in [9.17, 15) is 0 Å². The molecule has 0 aliphatic rings. The summed E-state index contributed by atoms with van der Waals surface area (Å²) < 4.78 is 2.04. The predicted octanol–water partition coefficient (Wildman–Crippen LogP) is 5.21. The summed E-state index contributed by atoms with van der Waals surface area (Å²) in [5.74, 6) is 1.67. The minimum atomic E-state index is 0.781. The molecule has 0 saturated carbocycles. The average molecular weight is 379 g/mol. The van der Waals surface area contributed by atoms with Gasteiger partial charge in [0.1, 0.15) is 5.01 Å². The fourth-order valence-corrected chi connectivity index (χ4v) is 4.35. The quantitative estimate of drug-likeness (QED) is 0.447. The Kier molecular flexibility index (Phi) is 4.86. The third kappa shape index (κ3) is 3.57. The lowest BCUT2D eigenvalue weighted by Gasteiger charge is -2.03. The third-order valence-corrected chi connectivity index (χ3v) is 6.06. The van der Waals surface area contributed by atoms with Gasteiger partial charge in [0.2, 0.25) is 0 Å².